The van der Waals surface area contributed by atoms with Gasteiger partial charge in [-0.25, -0.2) is 9.18 Å². The molecule has 5 nitrogen and oxygen atoms in total. The van der Waals surface area contributed by atoms with Crippen LogP contribution >= 0.6 is 11.6 Å². The average molecular weight is 346 g/mol. The molecule has 0 saturated carbocycles. The normalized spacial score (nSPS) is 22.6. The minimum absolute atomic E-state index is 0.00671. The fourth-order valence-corrected chi connectivity index (χ4v) is 2.43. The lowest BCUT2D eigenvalue weighted by Crippen LogP contribution is -2.41. The van der Waals surface area contributed by atoms with E-state index in [1.807, 2.05) is 0 Å². The first kappa shape index (κ1) is 18.0. The summed E-state index contributed by atoms with van der Waals surface area (Å²) < 4.78 is 24.5. The smallest absolute Gasteiger partial charge is 0.410 e. The van der Waals surface area contributed by atoms with E-state index < -0.39 is 29.7 Å². The van der Waals surface area contributed by atoms with Crippen molar-refractivity contribution in [2.45, 2.75) is 38.6 Å². The summed E-state index contributed by atoms with van der Waals surface area (Å²) in [5.74, 6) is -0.576. The van der Waals surface area contributed by atoms with Crippen LogP contribution in [0.15, 0.2) is 18.2 Å². The van der Waals surface area contributed by atoms with Crippen LogP contribution < -0.4 is 0 Å². The van der Waals surface area contributed by atoms with Gasteiger partial charge in [0.15, 0.2) is 0 Å². The Hall–Kier alpha value is -1.37. The molecule has 1 aliphatic rings. The number of amides is 1. The SMILES string of the molecule is CC(C)(C)OC(=O)N1CCO[C@@H](c2ccc(Cl)c(F)c2)[C@H](O)C1. The van der Waals surface area contributed by atoms with Crippen LogP contribution in [0.2, 0.25) is 5.02 Å². The van der Waals surface area contributed by atoms with Crippen molar-refractivity contribution in [1.82, 2.24) is 4.90 Å². The molecule has 1 aliphatic heterocycles. The number of hydrogen-bond acceptors (Lipinski definition) is 4. The van der Waals surface area contributed by atoms with Gasteiger partial charge in [0.1, 0.15) is 23.6 Å². The van der Waals surface area contributed by atoms with Gasteiger partial charge < -0.3 is 19.5 Å². The lowest BCUT2D eigenvalue weighted by Gasteiger charge is -2.27. The highest BCUT2D eigenvalue weighted by molar-refractivity contribution is 6.30. The molecule has 7 heteroatoms. The maximum Gasteiger partial charge on any atom is 0.410 e. The topological polar surface area (TPSA) is 59.0 Å². The molecular weight excluding hydrogens is 325 g/mol. The lowest BCUT2D eigenvalue weighted by atomic mass is 10.0. The first-order chi connectivity index (χ1) is 10.7. The molecule has 23 heavy (non-hydrogen) atoms. The van der Waals surface area contributed by atoms with Gasteiger partial charge in [-0.3, -0.25) is 0 Å². The molecule has 0 aromatic heterocycles. The van der Waals surface area contributed by atoms with Crippen LogP contribution in [-0.4, -0.2) is 47.5 Å². The number of aliphatic hydroxyl groups is 1. The number of aliphatic hydroxyl groups excluding tert-OH is 1. The Morgan fingerprint density at radius 1 is 1.48 bits per heavy atom. The van der Waals surface area contributed by atoms with Gasteiger partial charge in [-0.15, -0.1) is 0 Å². The molecule has 2 atom stereocenters. The van der Waals surface area contributed by atoms with Crippen molar-refractivity contribution in [2.24, 2.45) is 0 Å². The molecule has 0 spiro atoms. The van der Waals surface area contributed by atoms with Crippen molar-refractivity contribution < 1.29 is 23.8 Å². The van der Waals surface area contributed by atoms with Crippen LogP contribution in [0, 0.1) is 5.82 Å². The number of hydrogen-bond donors (Lipinski definition) is 1. The Kier molecular flexibility index (Phi) is 5.49. The molecular formula is C16H21ClFNO4. The van der Waals surface area contributed by atoms with E-state index in [0.29, 0.717) is 12.1 Å². The maximum absolute atomic E-state index is 13.6. The predicted molar refractivity (Wildman–Crippen MR) is 83.9 cm³/mol. The zero-order chi connectivity index (χ0) is 17.2. The standard InChI is InChI=1S/C16H21ClFNO4/c1-16(2,3)23-15(21)19-6-7-22-14(13(20)9-19)10-4-5-11(17)12(18)8-10/h4-5,8,13-14,20H,6-7,9H2,1-3H3/t13-,14+/m1/s1. The minimum atomic E-state index is -0.995. The van der Waals surface area contributed by atoms with Gasteiger partial charge in [0.2, 0.25) is 0 Å². The van der Waals surface area contributed by atoms with Gasteiger partial charge in [0, 0.05) is 6.54 Å². The Morgan fingerprint density at radius 2 is 2.17 bits per heavy atom. The van der Waals surface area contributed by atoms with E-state index in [1.54, 1.807) is 26.8 Å². The van der Waals surface area contributed by atoms with Gasteiger partial charge in [0.05, 0.1) is 18.2 Å². The van der Waals surface area contributed by atoms with Crippen LogP contribution in [0.4, 0.5) is 9.18 Å². The molecule has 0 bridgehead atoms. The number of carbonyl (C=O) groups is 1. The van der Waals surface area contributed by atoms with E-state index >= 15 is 0 Å². The molecule has 1 heterocycles. The highest BCUT2D eigenvalue weighted by atomic mass is 35.5. The van der Waals surface area contributed by atoms with Crippen LogP contribution in [0.25, 0.3) is 0 Å². The van der Waals surface area contributed by atoms with Crippen molar-refractivity contribution in [3.05, 3.63) is 34.6 Å². The number of carbonyl (C=O) groups excluding carboxylic acids is 1. The average Bonchev–Trinajstić information content (AvgIpc) is 2.62. The number of rotatable bonds is 1. The summed E-state index contributed by atoms with van der Waals surface area (Å²) in [6, 6.07) is 4.25. The molecule has 0 unspecified atom stereocenters. The summed E-state index contributed by atoms with van der Waals surface area (Å²) in [4.78, 5) is 13.5. The van der Waals surface area contributed by atoms with E-state index in [2.05, 4.69) is 0 Å². The molecule has 1 aromatic carbocycles. The molecule has 1 saturated heterocycles. The third-order valence-electron chi connectivity index (χ3n) is 3.34. The summed E-state index contributed by atoms with van der Waals surface area (Å²) in [6.07, 6.45) is -2.23. The summed E-state index contributed by atoms with van der Waals surface area (Å²) in [6.45, 7) is 5.87. The van der Waals surface area contributed by atoms with Crippen molar-refractivity contribution in [3.63, 3.8) is 0 Å². The van der Waals surface area contributed by atoms with E-state index in [9.17, 15) is 14.3 Å². The molecule has 1 fully saturated rings. The lowest BCUT2D eigenvalue weighted by molar-refractivity contribution is -0.0225. The summed E-state index contributed by atoms with van der Waals surface area (Å²) in [5, 5.41) is 10.4. The Morgan fingerprint density at radius 3 is 2.78 bits per heavy atom. The summed E-state index contributed by atoms with van der Waals surface area (Å²) in [7, 11) is 0. The second-order valence-electron chi connectivity index (χ2n) is 6.46. The second kappa shape index (κ2) is 7.03. The Labute approximate surface area is 139 Å². The highest BCUT2D eigenvalue weighted by Gasteiger charge is 2.32. The monoisotopic (exact) mass is 345 g/mol. The number of halogens is 2. The number of ether oxygens (including phenoxy) is 2. The molecule has 2 rings (SSSR count). The zero-order valence-corrected chi connectivity index (χ0v) is 14.1. The Balaban J connectivity index is 2.10. The van der Waals surface area contributed by atoms with E-state index in [4.69, 9.17) is 21.1 Å². The van der Waals surface area contributed by atoms with Gasteiger partial charge in [-0.05, 0) is 38.5 Å². The van der Waals surface area contributed by atoms with Crippen LogP contribution in [0.1, 0.15) is 32.4 Å². The fraction of sp³-hybridized carbons (Fsp3) is 0.562. The van der Waals surface area contributed by atoms with Crippen LogP contribution in [0.3, 0.4) is 0 Å². The van der Waals surface area contributed by atoms with Gasteiger partial charge in [-0.1, -0.05) is 17.7 Å². The summed E-state index contributed by atoms with van der Waals surface area (Å²) >= 11 is 5.67. The van der Waals surface area contributed by atoms with Gasteiger partial charge in [0.25, 0.3) is 0 Å². The molecule has 128 valence electrons. The maximum atomic E-state index is 13.6. The molecule has 1 N–H and O–H groups in total. The van der Waals surface area contributed by atoms with Crippen LogP contribution in [-0.2, 0) is 9.47 Å². The van der Waals surface area contributed by atoms with E-state index in [1.165, 1.54) is 17.0 Å². The predicted octanol–water partition coefficient (Wildman–Crippen LogP) is 3.15. The third-order valence-corrected chi connectivity index (χ3v) is 3.65. The molecule has 1 aromatic rings. The van der Waals surface area contributed by atoms with Crippen molar-refractivity contribution in [3.8, 4) is 0 Å². The number of β-amino-alcohol motifs (C(OH)–C–C–N with tert-alkyl or cyclic N) is 1. The van der Waals surface area contributed by atoms with Crippen molar-refractivity contribution >= 4 is 17.7 Å². The van der Waals surface area contributed by atoms with Gasteiger partial charge >= 0.3 is 6.09 Å². The molecule has 1 amide bonds. The van der Waals surface area contributed by atoms with Crippen LogP contribution in [0.5, 0.6) is 0 Å². The minimum Gasteiger partial charge on any atom is -0.444 e. The quantitative estimate of drug-likeness (QED) is 0.849. The van der Waals surface area contributed by atoms with E-state index in [0.717, 1.165) is 0 Å². The first-order valence-corrected chi connectivity index (χ1v) is 7.78. The van der Waals surface area contributed by atoms with Gasteiger partial charge in [-0.2, -0.15) is 0 Å². The van der Waals surface area contributed by atoms with Crippen molar-refractivity contribution in [1.29, 1.82) is 0 Å². The number of nitrogens with zero attached hydrogens (tertiary/aromatic N) is 1. The third kappa shape index (κ3) is 4.80. The largest absolute Gasteiger partial charge is 0.444 e. The Bertz CT molecular complexity index is 576. The molecule has 0 radical (unpaired) electrons. The first-order valence-electron chi connectivity index (χ1n) is 7.40. The second-order valence-corrected chi connectivity index (χ2v) is 6.87. The molecule has 0 aliphatic carbocycles. The van der Waals surface area contributed by atoms with Crippen molar-refractivity contribution in [2.75, 3.05) is 19.7 Å². The summed E-state index contributed by atoms with van der Waals surface area (Å²) in [5.41, 5.74) is -0.140. The number of benzene rings is 1. The highest BCUT2D eigenvalue weighted by Crippen LogP contribution is 2.27. The zero-order valence-electron chi connectivity index (χ0n) is 13.4. The van der Waals surface area contributed by atoms with E-state index in [-0.39, 0.29) is 18.2 Å². The fourth-order valence-electron chi connectivity index (χ4n) is 2.31.